The Morgan fingerprint density at radius 1 is 0.793 bits per heavy atom. The highest BCUT2D eigenvalue weighted by atomic mass is 19.4. The van der Waals surface area contributed by atoms with Crippen LogP contribution in [0.5, 0.6) is 0 Å². The van der Waals surface area contributed by atoms with Crippen LogP contribution in [0.1, 0.15) is 22.5 Å². The van der Waals surface area contributed by atoms with Gasteiger partial charge in [0.25, 0.3) is 6.33 Å². The van der Waals surface area contributed by atoms with Gasteiger partial charge in [-0.1, -0.05) is 23.2 Å². The van der Waals surface area contributed by atoms with Crippen LogP contribution in [0.3, 0.4) is 0 Å². The molecule has 4 aromatic rings. The van der Waals surface area contributed by atoms with Crippen molar-refractivity contribution in [1.82, 2.24) is 4.98 Å². The molecule has 4 rings (SSSR count). The Kier molecular flexibility index (Phi) is 4.57. The van der Waals surface area contributed by atoms with Crippen molar-refractivity contribution in [1.29, 1.82) is 0 Å². The Morgan fingerprint density at radius 3 is 2.10 bits per heavy atom. The van der Waals surface area contributed by atoms with Gasteiger partial charge in [0, 0.05) is 30.5 Å². The lowest BCUT2D eigenvalue weighted by Crippen LogP contribution is -2.40. The van der Waals surface area contributed by atoms with Crippen molar-refractivity contribution < 1.29 is 22.3 Å². The number of aryl methyl sites for hydroxylation is 2. The highest BCUT2D eigenvalue weighted by molar-refractivity contribution is 5.81. The van der Waals surface area contributed by atoms with Crippen molar-refractivity contribution in [3.05, 3.63) is 89.8 Å². The van der Waals surface area contributed by atoms with E-state index in [4.69, 9.17) is 0 Å². The minimum Gasteiger partial charge on any atom is -0.200 e. The number of fused-ring (bicyclic) bond motifs is 1. The van der Waals surface area contributed by atoms with Crippen LogP contribution in [0.2, 0.25) is 0 Å². The van der Waals surface area contributed by atoms with Gasteiger partial charge in [0.1, 0.15) is 17.6 Å². The van der Waals surface area contributed by atoms with Crippen LogP contribution < -0.4 is 9.13 Å². The van der Waals surface area contributed by atoms with Crippen LogP contribution in [0.15, 0.2) is 67.3 Å². The van der Waals surface area contributed by atoms with Crippen molar-refractivity contribution in [3.63, 3.8) is 0 Å². The highest BCUT2D eigenvalue weighted by Crippen LogP contribution is 2.32. The van der Waals surface area contributed by atoms with Crippen molar-refractivity contribution in [2.24, 2.45) is 0 Å². The minimum absolute atomic E-state index is 0.459. The van der Waals surface area contributed by atoms with Gasteiger partial charge in [-0.25, -0.2) is 0 Å². The maximum Gasteiger partial charge on any atom is 0.416 e. The third-order valence-corrected chi connectivity index (χ3v) is 5.17. The molecule has 3 nitrogen and oxygen atoms in total. The first-order chi connectivity index (χ1) is 13.8. The summed E-state index contributed by atoms with van der Waals surface area (Å²) in [5.41, 5.74) is 2.65. The molecule has 0 amide bonds. The molecule has 146 valence electrons. The summed E-state index contributed by atoms with van der Waals surface area (Å²) in [5, 5.41) is 2.00. The summed E-state index contributed by atoms with van der Waals surface area (Å²) < 4.78 is 44.7. The van der Waals surface area contributed by atoms with Gasteiger partial charge in [-0.15, -0.1) is 0 Å². The van der Waals surface area contributed by atoms with Crippen molar-refractivity contribution in [3.8, 4) is 11.4 Å². The molecule has 0 N–H and O–H groups in total. The van der Waals surface area contributed by atoms with Gasteiger partial charge in [0.2, 0.25) is 5.69 Å². The second kappa shape index (κ2) is 6.95. The average molecular weight is 395 g/mol. The monoisotopic (exact) mass is 395 g/mol. The molecule has 6 heteroatoms. The molecule has 2 aromatic carbocycles. The molecular formula is C23H20F3N3+2. The molecule has 2 heterocycles. The Balaban J connectivity index is 2.05. The standard InChI is InChI=1S/C23H20F3N3/c1-15-8-9-27-14-29(15)22-12-20(23(24,25)26)11-21(17(22)3)28-13-19-7-5-4-6-18(19)10-16(28)2/h4-14H,1-3H3/q+2. The molecule has 0 aliphatic rings. The number of pyridine rings is 1. The first-order valence-electron chi connectivity index (χ1n) is 9.21. The Morgan fingerprint density at radius 2 is 1.45 bits per heavy atom. The highest BCUT2D eigenvalue weighted by Gasteiger charge is 2.35. The SMILES string of the molecule is Cc1c(-[n+]2cnccc2C)cc(C(F)(F)F)cc1-[n+]1cc2ccccc2cc1C. The number of halogens is 3. The van der Waals surface area contributed by atoms with Gasteiger partial charge in [-0.05, 0) is 31.4 Å². The number of aromatic nitrogens is 3. The van der Waals surface area contributed by atoms with E-state index < -0.39 is 11.7 Å². The third kappa shape index (κ3) is 3.46. The fourth-order valence-corrected chi connectivity index (χ4v) is 3.58. The van der Waals surface area contributed by atoms with Crippen LogP contribution in [0.25, 0.3) is 22.1 Å². The van der Waals surface area contributed by atoms with E-state index in [9.17, 15) is 13.2 Å². The smallest absolute Gasteiger partial charge is 0.200 e. The number of hydrogen-bond donors (Lipinski definition) is 0. The third-order valence-electron chi connectivity index (χ3n) is 5.17. The summed E-state index contributed by atoms with van der Waals surface area (Å²) in [6.07, 6.45) is 0.592. The van der Waals surface area contributed by atoms with Gasteiger partial charge >= 0.3 is 6.18 Å². The largest absolute Gasteiger partial charge is 0.416 e. The molecule has 0 saturated carbocycles. The van der Waals surface area contributed by atoms with Gasteiger partial charge in [-0.3, -0.25) is 0 Å². The zero-order chi connectivity index (χ0) is 20.8. The molecule has 0 fully saturated rings. The van der Waals surface area contributed by atoms with Crippen LogP contribution >= 0.6 is 0 Å². The maximum atomic E-state index is 13.7. The number of benzene rings is 2. The molecule has 2 aromatic heterocycles. The molecule has 0 aliphatic heterocycles. The van der Waals surface area contributed by atoms with Crippen LogP contribution in [0.4, 0.5) is 13.2 Å². The molecule has 29 heavy (non-hydrogen) atoms. The zero-order valence-electron chi connectivity index (χ0n) is 16.3. The molecule has 0 spiro atoms. The van der Waals surface area contributed by atoms with E-state index in [0.717, 1.165) is 27.7 Å². The second-order valence-corrected chi connectivity index (χ2v) is 7.14. The van der Waals surface area contributed by atoms with Gasteiger partial charge in [0.15, 0.2) is 11.9 Å². The first-order valence-corrected chi connectivity index (χ1v) is 9.21. The maximum absolute atomic E-state index is 13.7. The summed E-state index contributed by atoms with van der Waals surface area (Å²) in [6, 6.07) is 14.0. The van der Waals surface area contributed by atoms with E-state index in [1.54, 1.807) is 23.2 Å². The van der Waals surface area contributed by atoms with Crippen LogP contribution in [-0.4, -0.2) is 4.98 Å². The molecule has 0 aliphatic carbocycles. The molecule has 0 bridgehead atoms. The van der Waals surface area contributed by atoms with Crippen molar-refractivity contribution in [2.45, 2.75) is 26.9 Å². The summed E-state index contributed by atoms with van der Waals surface area (Å²) >= 11 is 0. The first kappa shape index (κ1) is 19.1. The summed E-state index contributed by atoms with van der Waals surface area (Å²) in [7, 11) is 0. The fourth-order valence-electron chi connectivity index (χ4n) is 3.58. The molecular weight excluding hydrogens is 375 g/mol. The van der Waals surface area contributed by atoms with E-state index >= 15 is 0 Å². The molecule has 0 saturated heterocycles. The van der Waals surface area contributed by atoms with Crippen molar-refractivity contribution >= 4 is 10.8 Å². The van der Waals surface area contributed by atoms with E-state index in [-0.39, 0.29) is 0 Å². The molecule has 0 atom stereocenters. The van der Waals surface area contributed by atoms with Crippen LogP contribution in [-0.2, 0) is 6.18 Å². The number of rotatable bonds is 2. The predicted molar refractivity (Wildman–Crippen MR) is 104 cm³/mol. The Bertz CT molecular complexity index is 1230. The Hall–Kier alpha value is -3.28. The van der Waals surface area contributed by atoms with Crippen LogP contribution in [0, 0.1) is 20.8 Å². The Labute approximate surface area is 166 Å². The quantitative estimate of drug-likeness (QED) is 0.450. The average Bonchev–Trinajstić information content (AvgIpc) is 2.67. The van der Waals surface area contributed by atoms with E-state index in [0.29, 0.717) is 11.4 Å². The topological polar surface area (TPSA) is 20.6 Å². The van der Waals surface area contributed by atoms with Gasteiger partial charge in [0.05, 0.1) is 11.1 Å². The van der Waals surface area contributed by atoms with Gasteiger partial charge < -0.3 is 0 Å². The second-order valence-electron chi connectivity index (χ2n) is 7.14. The van der Waals surface area contributed by atoms with Crippen molar-refractivity contribution in [2.75, 3.05) is 0 Å². The summed E-state index contributed by atoms with van der Waals surface area (Å²) in [4.78, 5) is 4.09. The number of alkyl halides is 3. The molecule has 0 unspecified atom stereocenters. The van der Waals surface area contributed by atoms with E-state index in [2.05, 4.69) is 4.98 Å². The minimum atomic E-state index is -4.46. The lowest BCUT2D eigenvalue weighted by molar-refractivity contribution is -0.613. The fraction of sp³-hybridized carbons (Fsp3) is 0.174. The predicted octanol–water partition coefficient (Wildman–Crippen LogP) is 4.73. The normalized spacial score (nSPS) is 11.8. The lowest BCUT2D eigenvalue weighted by Gasteiger charge is -2.13. The zero-order valence-corrected chi connectivity index (χ0v) is 16.3. The van der Waals surface area contributed by atoms with E-state index in [1.165, 1.54) is 12.1 Å². The summed E-state index contributed by atoms with van der Waals surface area (Å²) in [6.45, 7) is 5.58. The summed E-state index contributed by atoms with van der Waals surface area (Å²) in [5.74, 6) is 0. The van der Waals surface area contributed by atoms with E-state index in [1.807, 2.05) is 61.9 Å². The van der Waals surface area contributed by atoms with Gasteiger partial charge in [-0.2, -0.15) is 22.3 Å². The number of nitrogens with zero attached hydrogens (tertiary/aromatic N) is 3. The number of hydrogen-bond acceptors (Lipinski definition) is 1. The lowest BCUT2D eigenvalue weighted by atomic mass is 10.0. The molecule has 0 radical (unpaired) electrons.